The van der Waals surface area contributed by atoms with Crippen LogP contribution in [0.3, 0.4) is 0 Å². The van der Waals surface area contributed by atoms with E-state index >= 15 is 0 Å². The Kier molecular flexibility index (Phi) is 3.30. The number of nitrogens with one attached hydrogen (secondary N) is 1. The van der Waals surface area contributed by atoms with Crippen LogP contribution in [0.4, 0.5) is 0 Å². The Labute approximate surface area is 123 Å². The van der Waals surface area contributed by atoms with E-state index in [1.165, 1.54) is 29.5 Å². The molecule has 3 rings (SSSR count). The lowest BCUT2D eigenvalue weighted by atomic mass is 10.0. The highest BCUT2D eigenvalue weighted by Gasteiger charge is 2.29. The molecular formula is C15H18N4S. The van der Waals surface area contributed by atoms with Crippen LogP contribution in [0.2, 0.25) is 0 Å². The van der Waals surface area contributed by atoms with Crippen molar-refractivity contribution in [1.82, 2.24) is 14.9 Å². The first kappa shape index (κ1) is 13.2. The number of benzene rings is 1. The van der Waals surface area contributed by atoms with E-state index in [1.54, 1.807) is 4.68 Å². The number of nitrogens with zero attached hydrogens (tertiary/aromatic N) is 3. The van der Waals surface area contributed by atoms with Crippen LogP contribution in [0.1, 0.15) is 46.8 Å². The van der Waals surface area contributed by atoms with Gasteiger partial charge in [0.15, 0.2) is 5.82 Å². The van der Waals surface area contributed by atoms with Crippen LogP contribution in [-0.2, 0) is 0 Å². The molecule has 4 nitrogen and oxygen atoms in total. The molecule has 20 heavy (non-hydrogen) atoms. The SMILES string of the molecule is Cc1cc(C)c(C=Nn2c(C3CC3)n[nH]c2=S)c(C)c1. The lowest BCUT2D eigenvalue weighted by Gasteiger charge is -2.06. The molecule has 0 amide bonds. The van der Waals surface area contributed by atoms with Crippen molar-refractivity contribution in [3.05, 3.63) is 45.0 Å². The van der Waals surface area contributed by atoms with E-state index in [0.29, 0.717) is 10.7 Å². The van der Waals surface area contributed by atoms with Gasteiger partial charge in [0.25, 0.3) is 0 Å². The third-order valence-corrected chi connectivity index (χ3v) is 3.92. The highest BCUT2D eigenvalue weighted by molar-refractivity contribution is 7.71. The zero-order chi connectivity index (χ0) is 14.3. The molecule has 1 fully saturated rings. The molecule has 1 heterocycles. The molecule has 1 N–H and O–H groups in total. The lowest BCUT2D eigenvalue weighted by molar-refractivity contribution is 0.772. The van der Waals surface area contributed by atoms with Gasteiger partial charge in [-0.25, -0.2) is 0 Å². The first-order valence-electron chi connectivity index (χ1n) is 6.86. The van der Waals surface area contributed by atoms with Gasteiger partial charge in [-0.05, 0) is 57.0 Å². The number of aryl methyl sites for hydroxylation is 3. The summed E-state index contributed by atoms with van der Waals surface area (Å²) in [5.74, 6) is 1.47. The van der Waals surface area contributed by atoms with Crippen molar-refractivity contribution in [2.75, 3.05) is 0 Å². The Morgan fingerprint density at radius 1 is 1.30 bits per heavy atom. The zero-order valence-corrected chi connectivity index (χ0v) is 12.8. The number of hydrogen-bond donors (Lipinski definition) is 1. The average molecular weight is 286 g/mol. The third kappa shape index (κ3) is 2.45. The Balaban J connectivity index is 1.99. The predicted molar refractivity (Wildman–Crippen MR) is 83.0 cm³/mol. The number of aromatic nitrogens is 3. The summed E-state index contributed by atoms with van der Waals surface area (Å²) >= 11 is 5.25. The number of rotatable bonds is 3. The van der Waals surface area contributed by atoms with Crippen molar-refractivity contribution in [2.24, 2.45) is 5.10 Å². The van der Waals surface area contributed by atoms with Gasteiger partial charge in [0.1, 0.15) is 0 Å². The van der Waals surface area contributed by atoms with Crippen molar-refractivity contribution in [2.45, 2.75) is 39.5 Å². The fourth-order valence-electron chi connectivity index (χ4n) is 2.53. The second-order valence-electron chi connectivity index (χ2n) is 5.53. The highest BCUT2D eigenvalue weighted by atomic mass is 32.1. The molecule has 104 valence electrons. The van der Waals surface area contributed by atoms with Gasteiger partial charge in [0.2, 0.25) is 4.77 Å². The average Bonchev–Trinajstić information content (AvgIpc) is 3.14. The van der Waals surface area contributed by atoms with Crippen LogP contribution in [0, 0.1) is 25.5 Å². The molecule has 0 aliphatic heterocycles. The van der Waals surface area contributed by atoms with Crippen molar-refractivity contribution < 1.29 is 0 Å². The van der Waals surface area contributed by atoms with Gasteiger partial charge in [-0.15, -0.1) is 0 Å². The van der Waals surface area contributed by atoms with Crippen LogP contribution < -0.4 is 0 Å². The smallest absolute Gasteiger partial charge is 0.216 e. The molecule has 0 bridgehead atoms. The van der Waals surface area contributed by atoms with E-state index in [2.05, 4.69) is 48.2 Å². The second kappa shape index (κ2) is 4.98. The van der Waals surface area contributed by atoms with E-state index in [0.717, 1.165) is 11.4 Å². The summed E-state index contributed by atoms with van der Waals surface area (Å²) in [4.78, 5) is 0. The fraction of sp³-hybridized carbons (Fsp3) is 0.400. The monoisotopic (exact) mass is 286 g/mol. The Morgan fingerprint density at radius 2 is 1.95 bits per heavy atom. The van der Waals surface area contributed by atoms with Gasteiger partial charge in [0.05, 0.1) is 6.21 Å². The summed E-state index contributed by atoms with van der Waals surface area (Å²) in [6.45, 7) is 6.33. The summed E-state index contributed by atoms with van der Waals surface area (Å²) in [6.07, 6.45) is 4.25. The van der Waals surface area contributed by atoms with Crippen LogP contribution in [0.5, 0.6) is 0 Å². The maximum absolute atomic E-state index is 5.25. The maximum Gasteiger partial charge on any atom is 0.216 e. The minimum Gasteiger partial charge on any atom is -0.250 e. The molecule has 5 heteroatoms. The van der Waals surface area contributed by atoms with E-state index in [9.17, 15) is 0 Å². The minimum absolute atomic E-state index is 0.514. The zero-order valence-electron chi connectivity index (χ0n) is 12.0. The first-order chi connectivity index (χ1) is 9.56. The van der Waals surface area contributed by atoms with Crippen molar-refractivity contribution in [1.29, 1.82) is 0 Å². The van der Waals surface area contributed by atoms with Crippen LogP contribution in [0.25, 0.3) is 0 Å². The van der Waals surface area contributed by atoms with E-state index in [-0.39, 0.29) is 0 Å². The van der Waals surface area contributed by atoms with Crippen molar-refractivity contribution in [3.8, 4) is 0 Å². The van der Waals surface area contributed by atoms with Crippen LogP contribution in [-0.4, -0.2) is 21.1 Å². The summed E-state index contributed by atoms with van der Waals surface area (Å²) in [7, 11) is 0. The number of hydrogen-bond acceptors (Lipinski definition) is 3. The fourth-order valence-corrected chi connectivity index (χ4v) is 2.72. The lowest BCUT2D eigenvalue weighted by Crippen LogP contribution is -1.99. The summed E-state index contributed by atoms with van der Waals surface area (Å²) in [5, 5.41) is 11.7. The Bertz CT molecular complexity index is 712. The third-order valence-electron chi connectivity index (χ3n) is 3.66. The molecule has 0 atom stereocenters. The first-order valence-corrected chi connectivity index (χ1v) is 7.26. The van der Waals surface area contributed by atoms with Crippen molar-refractivity contribution >= 4 is 18.4 Å². The molecule has 0 unspecified atom stereocenters. The molecule has 1 saturated carbocycles. The number of H-pyrrole nitrogens is 1. The van der Waals surface area contributed by atoms with E-state index in [4.69, 9.17) is 12.2 Å². The molecule has 1 aromatic carbocycles. The molecule has 2 aromatic rings. The van der Waals surface area contributed by atoms with Gasteiger partial charge in [0, 0.05) is 11.5 Å². The summed E-state index contributed by atoms with van der Waals surface area (Å²) in [6, 6.07) is 4.34. The van der Waals surface area contributed by atoms with E-state index in [1.807, 2.05) is 6.21 Å². The van der Waals surface area contributed by atoms with Gasteiger partial charge >= 0.3 is 0 Å². The minimum atomic E-state index is 0.514. The van der Waals surface area contributed by atoms with Gasteiger partial charge in [-0.2, -0.15) is 14.9 Å². The summed E-state index contributed by atoms with van der Waals surface area (Å²) in [5.41, 5.74) is 4.89. The molecule has 0 spiro atoms. The maximum atomic E-state index is 5.25. The standard InChI is InChI=1S/C15H18N4S/c1-9-6-10(2)13(11(3)7-9)8-16-19-14(12-4-5-12)17-18-15(19)20/h6-8,12H,4-5H2,1-3H3,(H,18,20). The second-order valence-corrected chi connectivity index (χ2v) is 5.92. The van der Waals surface area contributed by atoms with E-state index < -0.39 is 0 Å². The molecule has 1 aliphatic carbocycles. The molecule has 0 saturated heterocycles. The normalized spacial score (nSPS) is 15.2. The van der Waals surface area contributed by atoms with Crippen LogP contribution in [0.15, 0.2) is 17.2 Å². The van der Waals surface area contributed by atoms with Gasteiger partial charge in [-0.3, -0.25) is 5.10 Å². The van der Waals surface area contributed by atoms with Gasteiger partial charge < -0.3 is 0 Å². The molecule has 1 aliphatic rings. The van der Waals surface area contributed by atoms with Gasteiger partial charge in [-0.1, -0.05) is 17.7 Å². The highest BCUT2D eigenvalue weighted by Crippen LogP contribution is 2.38. The predicted octanol–water partition coefficient (Wildman–Crippen LogP) is 3.63. The molecular weight excluding hydrogens is 268 g/mol. The quantitative estimate of drug-likeness (QED) is 0.692. The van der Waals surface area contributed by atoms with Crippen LogP contribution >= 0.6 is 12.2 Å². The Hall–Kier alpha value is -1.75. The largest absolute Gasteiger partial charge is 0.250 e. The summed E-state index contributed by atoms with van der Waals surface area (Å²) < 4.78 is 2.32. The molecule has 1 aromatic heterocycles. The number of aromatic amines is 1. The van der Waals surface area contributed by atoms with Crippen molar-refractivity contribution in [3.63, 3.8) is 0 Å². The molecule has 0 radical (unpaired) electrons. The Morgan fingerprint density at radius 3 is 2.55 bits per heavy atom. The topological polar surface area (TPSA) is 46.0 Å².